The Labute approximate surface area is 120 Å². The fourth-order valence-corrected chi connectivity index (χ4v) is 2.50. The summed E-state index contributed by atoms with van der Waals surface area (Å²) in [5.41, 5.74) is 4.26. The molecule has 1 heterocycles. The summed E-state index contributed by atoms with van der Waals surface area (Å²) < 4.78 is 0. The predicted molar refractivity (Wildman–Crippen MR) is 81.2 cm³/mol. The maximum absolute atomic E-state index is 12.1. The fraction of sp³-hybridized carbons (Fsp3) is 0. The topological polar surface area (TPSA) is 56.9 Å². The van der Waals surface area contributed by atoms with E-state index in [9.17, 15) is 4.79 Å². The summed E-state index contributed by atoms with van der Waals surface area (Å²) in [5.74, 6) is -0.161. The molecule has 0 aliphatic carbocycles. The molecule has 1 amide bonds. The average molecular weight is 283 g/mol. The smallest absolute Gasteiger partial charge is 0.268 e. The van der Waals surface area contributed by atoms with Crippen LogP contribution in [0, 0.1) is 0 Å². The number of aromatic nitrogens is 1. The van der Waals surface area contributed by atoms with Gasteiger partial charge in [0, 0.05) is 22.0 Å². The summed E-state index contributed by atoms with van der Waals surface area (Å²) in [5, 5.41) is 0.913. The van der Waals surface area contributed by atoms with Gasteiger partial charge in [-0.2, -0.15) is 4.83 Å². The van der Waals surface area contributed by atoms with Gasteiger partial charge in [-0.25, -0.2) is 0 Å². The molecule has 0 unspecified atom stereocenters. The van der Waals surface area contributed by atoms with Crippen LogP contribution in [0.3, 0.4) is 0 Å². The first kappa shape index (κ1) is 12.8. The van der Waals surface area contributed by atoms with Crippen LogP contribution in [0.25, 0.3) is 10.9 Å². The molecule has 20 heavy (non-hydrogen) atoms. The van der Waals surface area contributed by atoms with Crippen molar-refractivity contribution in [2.45, 2.75) is 4.90 Å². The molecule has 5 heteroatoms. The van der Waals surface area contributed by atoms with Gasteiger partial charge in [0.2, 0.25) is 0 Å². The number of aromatic amines is 1. The molecule has 0 bridgehead atoms. The summed E-state index contributed by atoms with van der Waals surface area (Å²) in [4.78, 5) is 19.1. The van der Waals surface area contributed by atoms with Gasteiger partial charge < -0.3 is 4.98 Å². The van der Waals surface area contributed by atoms with Crippen molar-refractivity contribution in [1.29, 1.82) is 0 Å². The molecule has 3 N–H and O–H groups in total. The summed E-state index contributed by atoms with van der Waals surface area (Å²) in [6, 6.07) is 17.5. The third kappa shape index (κ3) is 2.68. The average Bonchev–Trinajstić information content (AvgIpc) is 2.92. The van der Waals surface area contributed by atoms with E-state index in [2.05, 4.69) is 15.2 Å². The molecule has 100 valence electrons. The highest BCUT2D eigenvalue weighted by molar-refractivity contribution is 7.97. The number of nitrogens with one attached hydrogen (secondary N) is 3. The zero-order valence-electron chi connectivity index (χ0n) is 10.6. The number of carbonyl (C=O) groups is 1. The second-order valence-corrected chi connectivity index (χ2v) is 5.10. The van der Waals surface area contributed by atoms with Crippen LogP contribution in [0.15, 0.2) is 65.7 Å². The SMILES string of the molecule is O=C(NNSc1ccccc1)c1c[nH]c2ccccc12. The molecule has 4 nitrogen and oxygen atoms in total. The Bertz CT molecular complexity index is 724. The lowest BCUT2D eigenvalue weighted by Gasteiger charge is -2.05. The molecule has 0 aliphatic heterocycles. The van der Waals surface area contributed by atoms with Crippen LogP contribution >= 0.6 is 11.9 Å². The quantitative estimate of drug-likeness (QED) is 0.509. The Balaban J connectivity index is 1.65. The third-order valence-electron chi connectivity index (χ3n) is 2.91. The summed E-state index contributed by atoms with van der Waals surface area (Å²) in [6.07, 6.45) is 1.72. The lowest BCUT2D eigenvalue weighted by molar-refractivity contribution is 0.0949. The Kier molecular flexibility index (Phi) is 3.71. The Morgan fingerprint density at radius 3 is 2.60 bits per heavy atom. The van der Waals surface area contributed by atoms with Crippen LogP contribution in [0.4, 0.5) is 0 Å². The van der Waals surface area contributed by atoms with Gasteiger partial charge in [-0.3, -0.25) is 10.2 Å². The Morgan fingerprint density at radius 1 is 1.00 bits per heavy atom. The number of amides is 1. The fourth-order valence-electron chi connectivity index (χ4n) is 1.95. The van der Waals surface area contributed by atoms with E-state index in [0.717, 1.165) is 15.8 Å². The first-order chi connectivity index (χ1) is 9.84. The minimum absolute atomic E-state index is 0.161. The first-order valence-electron chi connectivity index (χ1n) is 6.18. The van der Waals surface area contributed by atoms with Crippen molar-refractivity contribution in [3.05, 3.63) is 66.4 Å². The molecular formula is C15H13N3OS. The molecule has 3 rings (SSSR count). The number of carbonyl (C=O) groups excluding carboxylic acids is 1. The van der Waals surface area contributed by atoms with Crippen LogP contribution in [0.5, 0.6) is 0 Å². The van der Waals surface area contributed by atoms with Gasteiger partial charge >= 0.3 is 0 Å². The molecule has 2 aromatic carbocycles. The monoisotopic (exact) mass is 283 g/mol. The summed E-state index contributed by atoms with van der Waals surface area (Å²) in [7, 11) is 0. The minimum atomic E-state index is -0.161. The number of H-pyrrole nitrogens is 1. The second-order valence-electron chi connectivity index (χ2n) is 4.22. The molecule has 0 saturated heterocycles. The standard InChI is InChI=1S/C15H13N3OS/c19-15(17-18-20-11-6-2-1-3-7-11)13-10-16-14-9-5-4-8-12(13)14/h1-10,16,18H,(H,17,19). The van der Waals surface area contributed by atoms with Crippen molar-refractivity contribution in [1.82, 2.24) is 15.2 Å². The zero-order chi connectivity index (χ0) is 13.8. The lowest BCUT2D eigenvalue weighted by Crippen LogP contribution is -2.32. The first-order valence-corrected chi connectivity index (χ1v) is 6.99. The second kappa shape index (κ2) is 5.81. The molecule has 0 radical (unpaired) electrons. The van der Waals surface area contributed by atoms with Crippen LogP contribution in [-0.2, 0) is 0 Å². The van der Waals surface area contributed by atoms with Gasteiger partial charge in [0.15, 0.2) is 0 Å². The van der Waals surface area contributed by atoms with E-state index in [1.165, 1.54) is 11.9 Å². The van der Waals surface area contributed by atoms with Crippen molar-refractivity contribution < 1.29 is 4.79 Å². The highest BCUT2D eigenvalue weighted by Crippen LogP contribution is 2.17. The summed E-state index contributed by atoms with van der Waals surface area (Å²) >= 11 is 1.36. The molecule has 0 aliphatic rings. The maximum atomic E-state index is 12.1. The molecule has 0 fully saturated rings. The number of hydrogen-bond acceptors (Lipinski definition) is 3. The van der Waals surface area contributed by atoms with Crippen LogP contribution < -0.4 is 10.3 Å². The largest absolute Gasteiger partial charge is 0.360 e. The number of benzene rings is 2. The number of para-hydroxylation sites is 1. The van der Waals surface area contributed by atoms with E-state index in [0.29, 0.717) is 5.56 Å². The van der Waals surface area contributed by atoms with E-state index >= 15 is 0 Å². The Hall–Kier alpha value is -2.24. The van der Waals surface area contributed by atoms with Crippen molar-refractivity contribution in [2.24, 2.45) is 0 Å². The van der Waals surface area contributed by atoms with Gasteiger partial charge in [0.05, 0.1) is 5.56 Å². The van der Waals surface area contributed by atoms with Gasteiger partial charge in [-0.1, -0.05) is 36.4 Å². The predicted octanol–water partition coefficient (Wildman–Crippen LogP) is 3.11. The number of rotatable bonds is 4. The van der Waals surface area contributed by atoms with Gasteiger partial charge in [-0.15, -0.1) is 0 Å². The van der Waals surface area contributed by atoms with Crippen molar-refractivity contribution in [2.75, 3.05) is 0 Å². The van der Waals surface area contributed by atoms with Crippen molar-refractivity contribution >= 4 is 28.8 Å². The molecule has 0 spiro atoms. The third-order valence-corrected chi connectivity index (χ3v) is 3.62. The highest BCUT2D eigenvalue weighted by atomic mass is 32.2. The number of hydrazine groups is 1. The number of hydrogen-bond donors (Lipinski definition) is 3. The number of fused-ring (bicyclic) bond motifs is 1. The lowest BCUT2D eigenvalue weighted by atomic mass is 10.2. The van der Waals surface area contributed by atoms with Gasteiger partial charge in [-0.05, 0) is 30.1 Å². The molecule has 1 aromatic heterocycles. The van der Waals surface area contributed by atoms with E-state index in [4.69, 9.17) is 0 Å². The van der Waals surface area contributed by atoms with E-state index in [-0.39, 0.29) is 5.91 Å². The van der Waals surface area contributed by atoms with Crippen LogP contribution in [0.1, 0.15) is 10.4 Å². The zero-order valence-corrected chi connectivity index (χ0v) is 11.4. The van der Waals surface area contributed by atoms with Gasteiger partial charge in [0.25, 0.3) is 5.91 Å². The summed E-state index contributed by atoms with van der Waals surface area (Å²) in [6.45, 7) is 0. The van der Waals surface area contributed by atoms with Crippen molar-refractivity contribution in [3.8, 4) is 0 Å². The van der Waals surface area contributed by atoms with Crippen molar-refractivity contribution in [3.63, 3.8) is 0 Å². The van der Waals surface area contributed by atoms with Crippen LogP contribution in [-0.4, -0.2) is 10.9 Å². The Morgan fingerprint density at radius 2 is 1.75 bits per heavy atom. The normalized spacial score (nSPS) is 10.6. The molecule has 0 saturated carbocycles. The minimum Gasteiger partial charge on any atom is -0.360 e. The van der Waals surface area contributed by atoms with E-state index in [1.807, 2.05) is 54.6 Å². The highest BCUT2D eigenvalue weighted by Gasteiger charge is 2.10. The van der Waals surface area contributed by atoms with Crippen LogP contribution in [0.2, 0.25) is 0 Å². The van der Waals surface area contributed by atoms with E-state index in [1.54, 1.807) is 6.20 Å². The molecule has 0 atom stereocenters. The maximum Gasteiger partial charge on any atom is 0.268 e. The van der Waals surface area contributed by atoms with E-state index < -0.39 is 0 Å². The molecular weight excluding hydrogens is 270 g/mol. The molecule has 3 aromatic rings. The van der Waals surface area contributed by atoms with Gasteiger partial charge in [0.1, 0.15) is 0 Å².